The molecule has 0 amide bonds. The first-order valence-electron chi connectivity index (χ1n) is 4.14. The number of hydrogen-bond donors (Lipinski definition) is 1. The molecule has 0 spiro atoms. The SMILES string of the molecule is Cc1c(Br)cc(C(=O)O)cc1N(C)C. The van der Waals surface area contributed by atoms with Gasteiger partial charge in [0.2, 0.25) is 0 Å². The zero-order chi connectivity index (χ0) is 10.9. The number of benzene rings is 1. The van der Waals surface area contributed by atoms with E-state index in [1.165, 1.54) is 0 Å². The fourth-order valence-electron chi connectivity index (χ4n) is 1.25. The summed E-state index contributed by atoms with van der Waals surface area (Å²) in [4.78, 5) is 12.7. The summed E-state index contributed by atoms with van der Waals surface area (Å²) in [5.74, 6) is -0.909. The van der Waals surface area contributed by atoms with E-state index in [1.54, 1.807) is 12.1 Å². The predicted octanol–water partition coefficient (Wildman–Crippen LogP) is 2.52. The molecule has 0 atom stereocenters. The van der Waals surface area contributed by atoms with Gasteiger partial charge in [0.25, 0.3) is 0 Å². The van der Waals surface area contributed by atoms with E-state index in [1.807, 2.05) is 25.9 Å². The maximum Gasteiger partial charge on any atom is 0.335 e. The third kappa shape index (κ3) is 2.07. The molecule has 4 heteroatoms. The molecule has 0 bridgehead atoms. The number of carboxylic acids is 1. The number of nitrogens with zero attached hydrogens (tertiary/aromatic N) is 1. The maximum absolute atomic E-state index is 10.8. The van der Waals surface area contributed by atoms with E-state index in [4.69, 9.17) is 5.11 Å². The molecule has 3 nitrogen and oxygen atoms in total. The summed E-state index contributed by atoms with van der Waals surface area (Å²) in [5, 5.41) is 8.87. The van der Waals surface area contributed by atoms with Crippen LogP contribution in [0.2, 0.25) is 0 Å². The van der Waals surface area contributed by atoms with Crippen LogP contribution >= 0.6 is 15.9 Å². The Kier molecular flexibility index (Phi) is 3.16. The Bertz CT molecular complexity index is 375. The van der Waals surface area contributed by atoms with Gasteiger partial charge in [-0.3, -0.25) is 0 Å². The Balaban J connectivity index is 3.35. The summed E-state index contributed by atoms with van der Waals surface area (Å²) in [7, 11) is 3.78. The molecule has 1 rings (SSSR count). The molecule has 0 heterocycles. The third-order valence-electron chi connectivity index (χ3n) is 2.05. The van der Waals surface area contributed by atoms with Gasteiger partial charge in [0.05, 0.1) is 5.56 Å². The van der Waals surface area contributed by atoms with Crippen LogP contribution in [-0.4, -0.2) is 25.2 Å². The minimum absolute atomic E-state index is 0.297. The van der Waals surface area contributed by atoms with E-state index in [0.29, 0.717) is 5.56 Å². The molecule has 0 unspecified atom stereocenters. The van der Waals surface area contributed by atoms with Crippen LogP contribution in [0.3, 0.4) is 0 Å². The highest BCUT2D eigenvalue weighted by Crippen LogP contribution is 2.27. The highest BCUT2D eigenvalue weighted by Gasteiger charge is 2.10. The van der Waals surface area contributed by atoms with Crippen molar-refractivity contribution in [1.82, 2.24) is 0 Å². The normalized spacial score (nSPS) is 10.0. The van der Waals surface area contributed by atoms with Crippen molar-refractivity contribution >= 4 is 27.6 Å². The van der Waals surface area contributed by atoms with Gasteiger partial charge in [-0.15, -0.1) is 0 Å². The van der Waals surface area contributed by atoms with Gasteiger partial charge >= 0.3 is 5.97 Å². The van der Waals surface area contributed by atoms with Gasteiger partial charge in [-0.1, -0.05) is 15.9 Å². The fourth-order valence-corrected chi connectivity index (χ4v) is 1.70. The zero-order valence-electron chi connectivity index (χ0n) is 8.34. The largest absolute Gasteiger partial charge is 0.478 e. The van der Waals surface area contributed by atoms with E-state index in [0.717, 1.165) is 15.7 Å². The van der Waals surface area contributed by atoms with E-state index in [2.05, 4.69) is 15.9 Å². The Hall–Kier alpha value is -1.03. The lowest BCUT2D eigenvalue weighted by molar-refractivity contribution is 0.0697. The second kappa shape index (κ2) is 4.00. The first kappa shape index (κ1) is 11.0. The van der Waals surface area contributed by atoms with Gasteiger partial charge < -0.3 is 10.0 Å². The number of halogens is 1. The first-order chi connectivity index (χ1) is 6.43. The number of carboxylic acid groups (broad SMARTS) is 1. The molecule has 0 fully saturated rings. The minimum atomic E-state index is -0.909. The average molecular weight is 258 g/mol. The molecule has 0 aliphatic carbocycles. The van der Waals surface area contributed by atoms with Gasteiger partial charge in [0, 0.05) is 24.3 Å². The number of hydrogen-bond acceptors (Lipinski definition) is 2. The van der Waals surface area contributed by atoms with E-state index in [-0.39, 0.29) is 0 Å². The van der Waals surface area contributed by atoms with Crippen molar-refractivity contribution in [2.75, 3.05) is 19.0 Å². The van der Waals surface area contributed by atoms with Crippen LogP contribution in [-0.2, 0) is 0 Å². The summed E-state index contributed by atoms with van der Waals surface area (Å²) in [6, 6.07) is 3.28. The second-order valence-corrected chi connectivity index (χ2v) is 4.16. The molecule has 1 N–H and O–H groups in total. The van der Waals surface area contributed by atoms with Crippen LogP contribution in [0.25, 0.3) is 0 Å². The number of anilines is 1. The molecular weight excluding hydrogens is 246 g/mol. The Morgan fingerprint density at radius 2 is 2.00 bits per heavy atom. The quantitative estimate of drug-likeness (QED) is 0.886. The lowest BCUT2D eigenvalue weighted by atomic mass is 10.1. The van der Waals surface area contributed by atoms with Crippen LogP contribution < -0.4 is 4.90 Å². The lowest BCUT2D eigenvalue weighted by Crippen LogP contribution is -2.12. The van der Waals surface area contributed by atoms with Gasteiger partial charge in [-0.25, -0.2) is 4.79 Å². The zero-order valence-corrected chi connectivity index (χ0v) is 9.92. The lowest BCUT2D eigenvalue weighted by Gasteiger charge is -2.17. The number of aromatic carboxylic acids is 1. The molecule has 76 valence electrons. The van der Waals surface area contributed by atoms with Crippen molar-refractivity contribution in [2.45, 2.75) is 6.92 Å². The molecule has 0 radical (unpaired) electrons. The van der Waals surface area contributed by atoms with E-state index < -0.39 is 5.97 Å². The van der Waals surface area contributed by atoms with Crippen molar-refractivity contribution in [2.24, 2.45) is 0 Å². The van der Waals surface area contributed by atoms with E-state index >= 15 is 0 Å². The fraction of sp³-hybridized carbons (Fsp3) is 0.300. The molecule has 14 heavy (non-hydrogen) atoms. The summed E-state index contributed by atoms with van der Waals surface area (Å²) >= 11 is 3.34. The molecular formula is C10H12BrNO2. The maximum atomic E-state index is 10.8. The van der Waals surface area contributed by atoms with Gasteiger partial charge in [0.1, 0.15) is 0 Å². The van der Waals surface area contributed by atoms with Crippen molar-refractivity contribution in [1.29, 1.82) is 0 Å². The minimum Gasteiger partial charge on any atom is -0.478 e. The van der Waals surface area contributed by atoms with Gasteiger partial charge in [0.15, 0.2) is 0 Å². The van der Waals surface area contributed by atoms with Crippen molar-refractivity contribution in [3.05, 3.63) is 27.7 Å². The van der Waals surface area contributed by atoms with Crippen LogP contribution in [0.1, 0.15) is 15.9 Å². The van der Waals surface area contributed by atoms with Crippen molar-refractivity contribution in [3.63, 3.8) is 0 Å². The molecule has 0 aliphatic rings. The summed E-state index contributed by atoms with van der Waals surface area (Å²) < 4.78 is 0.820. The van der Waals surface area contributed by atoms with Crippen molar-refractivity contribution in [3.8, 4) is 0 Å². The molecule has 0 saturated heterocycles. The second-order valence-electron chi connectivity index (χ2n) is 3.30. The first-order valence-corrected chi connectivity index (χ1v) is 4.93. The standard InChI is InChI=1S/C10H12BrNO2/c1-6-8(11)4-7(10(13)14)5-9(6)12(2)3/h4-5H,1-3H3,(H,13,14). The molecule has 1 aromatic carbocycles. The molecule has 0 saturated carbocycles. The summed E-state index contributed by atoms with van der Waals surface area (Å²) in [6.07, 6.45) is 0. The Morgan fingerprint density at radius 3 is 2.43 bits per heavy atom. The topological polar surface area (TPSA) is 40.5 Å². The van der Waals surface area contributed by atoms with Crippen LogP contribution in [0.5, 0.6) is 0 Å². The Labute approximate surface area is 91.5 Å². The predicted molar refractivity (Wildman–Crippen MR) is 60.2 cm³/mol. The molecule has 1 aromatic rings. The summed E-state index contributed by atoms with van der Waals surface area (Å²) in [5.41, 5.74) is 2.25. The van der Waals surface area contributed by atoms with Crippen molar-refractivity contribution < 1.29 is 9.90 Å². The van der Waals surface area contributed by atoms with Crippen LogP contribution in [0, 0.1) is 6.92 Å². The van der Waals surface area contributed by atoms with Crippen LogP contribution in [0.4, 0.5) is 5.69 Å². The van der Waals surface area contributed by atoms with Gasteiger partial charge in [-0.05, 0) is 24.6 Å². The highest BCUT2D eigenvalue weighted by molar-refractivity contribution is 9.10. The average Bonchev–Trinajstić information content (AvgIpc) is 2.08. The monoisotopic (exact) mass is 257 g/mol. The Morgan fingerprint density at radius 1 is 1.43 bits per heavy atom. The van der Waals surface area contributed by atoms with Gasteiger partial charge in [-0.2, -0.15) is 0 Å². The smallest absolute Gasteiger partial charge is 0.335 e. The molecule has 0 aliphatic heterocycles. The highest BCUT2D eigenvalue weighted by atomic mass is 79.9. The molecule has 0 aromatic heterocycles. The third-order valence-corrected chi connectivity index (χ3v) is 2.87. The number of rotatable bonds is 2. The van der Waals surface area contributed by atoms with Crippen LogP contribution in [0.15, 0.2) is 16.6 Å². The summed E-state index contributed by atoms with van der Waals surface area (Å²) in [6.45, 7) is 1.95. The van der Waals surface area contributed by atoms with E-state index in [9.17, 15) is 4.79 Å². The number of carbonyl (C=O) groups is 1.